The van der Waals surface area contributed by atoms with Crippen LogP contribution >= 0.6 is 0 Å². The number of benzene rings is 1. The molecular weight excluding hydrogens is 230 g/mol. The minimum Gasteiger partial charge on any atom is -0.465 e. The van der Waals surface area contributed by atoms with E-state index in [2.05, 4.69) is 16.6 Å². The van der Waals surface area contributed by atoms with E-state index >= 15 is 0 Å². The van der Waals surface area contributed by atoms with Crippen LogP contribution in [0.5, 0.6) is 0 Å². The molecule has 0 N–H and O–H groups in total. The minimum atomic E-state index is -1.09. The van der Waals surface area contributed by atoms with E-state index < -0.39 is 23.2 Å². The summed E-state index contributed by atoms with van der Waals surface area (Å²) < 4.78 is 31.0. The highest BCUT2D eigenvalue weighted by Crippen LogP contribution is 2.15. The second-order valence-corrected chi connectivity index (χ2v) is 2.98. The molecule has 0 bridgehead atoms. The van der Waals surface area contributed by atoms with Gasteiger partial charge in [0.15, 0.2) is 0 Å². The first-order valence-electron chi connectivity index (χ1n) is 4.60. The van der Waals surface area contributed by atoms with Gasteiger partial charge in [0.1, 0.15) is 23.5 Å². The summed E-state index contributed by atoms with van der Waals surface area (Å²) >= 11 is 0. The molecule has 0 aliphatic rings. The maximum absolute atomic E-state index is 13.4. The SMILES string of the molecule is COC(=O)c1c(F)cc(C#CCC=O)cc1F. The van der Waals surface area contributed by atoms with Gasteiger partial charge in [-0.15, -0.1) is 0 Å². The summed E-state index contributed by atoms with van der Waals surface area (Å²) in [4.78, 5) is 21.0. The van der Waals surface area contributed by atoms with Crippen LogP contribution in [0.4, 0.5) is 8.78 Å². The summed E-state index contributed by atoms with van der Waals surface area (Å²) in [5, 5.41) is 0. The summed E-state index contributed by atoms with van der Waals surface area (Å²) in [5.74, 6) is 1.61. The van der Waals surface area contributed by atoms with Crippen molar-refractivity contribution in [1.29, 1.82) is 0 Å². The van der Waals surface area contributed by atoms with E-state index in [1.54, 1.807) is 0 Å². The molecule has 0 spiro atoms. The number of methoxy groups -OCH3 is 1. The summed E-state index contributed by atoms with van der Waals surface area (Å²) in [6.45, 7) is 0. The lowest BCUT2D eigenvalue weighted by molar-refractivity contribution is -0.107. The van der Waals surface area contributed by atoms with Crippen molar-refractivity contribution in [2.75, 3.05) is 7.11 Å². The number of ether oxygens (including phenoxy) is 1. The second kappa shape index (κ2) is 5.75. The van der Waals surface area contributed by atoms with Crippen molar-refractivity contribution < 1.29 is 23.1 Å². The van der Waals surface area contributed by atoms with Crippen molar-refractivity contribution in [3.63, 3.8) is 0 Å². The van der Waals surface area contributed by atoms with Crippen molar-refractivity contribution in [1.82, 2.24) is 0 Å². The number of rotatable bonds is 2. The fraction of sp³-hybridized carbons (Fsp3) is 0.167. The van der Waals surface area contributed by atoms with Gasteiger partial charge >= 0.3 is 5.97 Å². The molecule has 0 aliphatic carbocycles. The van der Waals surface area contributed by atoms with Crippen molar-refractivity contribution >= 4 is 12.3 Å². The van der Waals surface area contributed by atoms with Crippen LogP contribution in [-0.2, 0) is 9.53 Å². The third-order valence-electron chi connectivity index (χ3n) is 1.85. The lowest BCUT2D eigenvalue weighted by Gasteiger charge is -2.03. The zero-order chi connectivity index (χ0) is 12.8. The predicted molar refractivity (Wildman–Crippen MR) is 55.3 cm³/mol. The van der Waals surface area contributed by atoms with Gasteiger partial charge in [0.2, 0.25) is 0 Å². The van der Waals surface area contributed by atoms with Crippen LogP contribution < -0.4 is 0 Å². The van der Waals surface area contributed by atoms with Gasteiger partial charge in [0.05, 0.1) is 13.5 Å². The van der Waals surface area contributed by atoms with E-state index in [1.807, 2.05) is 0 Å². The van der Waals surface area contributed by atoms with Crippen molar-refractivity contribution in [2.24, 2.45) is 0 Å². The Morgan fingerprint density at radius 1 is 1.41 bits per heavy atom. The topological polar surface area (TPSA) is 43.4 Å². The first-order valence-corrected chi connectivity index (χ1v) is 4.60. The normalized spacial score (nSPS) is 9.12. The standard InChI is InChI=1S/C12H8F2O3/c1-17-12(16)11-9(13)6-8(7-10(11)14)4-2-3-5-15/h5-7H,3H2,1H3. The highest BCUT2D eigenvalue weighted by Gasteiger charge is 2.18. The molecular formula is C12H8F2O3. The highest BCUT2D eigenvalue weighted by atomic mass is 19.1. The van der Waals surface area contributed by atoms with Gasteiger partial charge in [-0.05, 0) is 12.1 Å². The third-order valence-corrected chi connectivity index (χ3v) is 1.85. The summed E-state index contributed by atoms with van der Waals surface area (Å²) in [5.41, 5.74) is -0.706. The molecule has 1 aromatic carbocycles. The van der Waals surface area contributed by atoms with E-state index in [4.69, 9.17) is 0 Å². The number of halogens is 2. The molecule has 0 heterocycles. The van der Waals surface area contributed by atoms with E-state index in [-0.39, 0.29) is 12.0 Å². The van der Waals surface area contributed by atoms with E-state index in [9.17, 15) is 18.4 Å². The molecule has 0 aliphatic heterocycles. The molecule has 0 amide bonds. The first-order chi connectivity index (χ1) is 8.10. The first kappa shape index (κ1) is 12.8. The average Bonchev–Trinajstić information content (AvgIpc) is 2.28. The molecule has 0 unspecified atom stereocenters. The fourth-order valence-corrected chi connectivity index (χ4v) is 1.14. The van der Waals surface area contributed by atoms with Gasteiger partial charge in [-0.25, -0.2) is 13.6 Å². The molecule has 88 valence electrons. The predicted octanol–water partition coefficient (Wildman–Crippen LogP) is 1.69. The Morgan fingerprint density at radius 3 is 2.47 bits per heavy atom. The summed E-state index contributed by atoms with van der Waals surface area (Å²) in [6, 6.07) is 1.82. The fourth-order valence-electron chi connectivity index (χ4n) is 1.14. The van der Waals surface area contributed by atoms with Crippen molar-refractivity contribution in [2.45, 2.75) is 6.42 Å². The number of esters is 1. The van der Waals surface area contributed by atoms with Crippen LogP contribution in [0, 0.1) is 23.5 Å². The maximum atomic E-state index is 13.4. The molecule has 17 heavy (non-hydrogen) atoms. The van der Waals surface area contributed by atoms with Gasteiger partial charge in [-0.1, -0.05) is 11.8 Å². The summed E-state index contributed by atoms with van der Waals surface area (Å²) in [6.07, 6.45) is 0.546. The lowest BCUT2D eigenvalue weighted by atomic mass is 10.1. The lowest BCUT2D eigenvalue weighted by Crippen LogP contribution is -2.08. The van der Waals surface area contributed by atoms with Gasteiger partial charge in [0, 0.05) is 5.56 Å². The number of aldehydes is 1. The third kappa shape index (κ3) is 3.11. The number of carbonyl (C=O) groups is 2. The Morgan fingerprint density at radius 2 is 2.00 bits per heavy atom. The van der Waals surface area contributed by atoms with E-state index in [0.29, 0.717) is 6.29 Å². The van der Waals surface area contributed by atoms with Crippen molar-refractivity contribution in [3.05, 3.63) is 34.9 Å². The quantitative estimate of drug-likeness (QED) is 0.447. The van der Waals surface area contributed by atoms with Gasteiger partial charge in [-0.3, -0.25) is 0 Å². The largest absolute Gasteiger partial charge is 0.465 e. The second-order valence-electron chi connectivity index (χ2n) is 2.98. The Labute approximate surface area is 96.4 Å². The Bertz CT molecular complexity index is 489. The highest BCUT2D eigenvalue weighted by molar-refractivity contribution is 5.90. The monoisotopic (exact) mass is 238 g/mol. The van der Waals surface area contributed by atoms with E-state index in [1.165, 1.54) is 0 Å². The van der Waals surface area contributed by atoms with Gasteiger partial charge in [0.25, 0.3) is 0 Å². The molecule has 1 rings (SSSR count). The van der Waals surface area contributed by atoms with Crippen molar-refractivity contribution in [3.8, 4) is 11.8 Å². The molecule has 0 aromatic heterocycles. The van der Waals surface area contributed by atoms with Gasteiger partial charge < -0.3 is 9.53 Å². The number of hydrogen-bond donors (Lipinski definition) is 0. The smallest absolute Gasteiger partial charge is 0.343 e. The molecule has 1 aromatic rings. The molecule has 0 fully saturated rings. The molecule has 0 saturated heterocycles. The number of carbonyl (C=O) groups excluding carboxylic acids is 2. The number of hydrogen-bond acceptors (Lipinski definition) is 3. The van der Waals surface area contributed by atoms with Crippen LogP contribution in [0.2, 0.25) is 0 Å². The van der Waals surface area contributed by atoms with Crippen LogP contribution in [0.1, 0.15) is 22.3 Å². The van der Waals surface area contributed by atoms with E-state index in [0.717, 1.165) is 19.2 Å². The Hall–Kier alpha value is -2.22. The van der Waals surface area contributed by atoms with Crippen LogP contribution in [-0.4, -0.2) is 19.4 Å². The Kier molecular flexibility index (Phi) is 4.35. The van der Waals surface area contributed by atoms with Crippen LogP contribution in [0.15, 0.2) is 12.1 Å². The zero-order valence-corrected chi connectivity index (χ0v) is 8.92. The summed E-state index contributed by atoms with van der Waals surface area (Å²) in [7, 11) is 1.03. The average molecular weight is 238 g/mol. The molecule has 5 heteroatoms. The van der Waals surface area contributed by atoms with Crippen LogP contribution in [0.3, 0.4) is 0 Å². The maximum Gasteiger partial charge on any atom is 0.343 e. The molecule has 3 nitrogen and oxygen atoms in total. The Balaban J connectivity index is 3.15. The van der Waals surface area contributed by atoms with Crippen LogP contribution in [0.25, 0.3) is 0 Å². The zero-order valence-electron chi connectivity index (χ0n) is 8.92. The molecule has 0 radical (unpaired) electrons. The minimum absolute atomic E-state index is 0.0258. The molecule has 0 atom stereocenters. The van der Waals surface area contributed by atoms with Gasteiger partial charge in [-0.2, -0.15) is 0 Å². The molecule has 0 saturated carbocycles.